The second kappa shape index (κ2) is 5.63. The number of rotatable bonds is 3. The van der Waals surface area contributed by atoms with Crippen LogP contribution in [0.4, 0.5) is 0 Å². The Morgan fingerprint density at radius 3 is 2.89 bits per heavy atom. The van der Waals surface area contributed by atoms with Crippen LogP contribution >= 0.6 is 0 Å². The van der Waals surface area contributed by atoms with E-state index in [0.717, 1.165) is 6.54 Å². The number of amides is 1. The molecule has 2 rings (SSSR count). The number of hydrogen-bond donors (Lipinski definition) is 0. The second-order valence-electron chi connectivity index (χ2n) is 4.86. The van der Waals surface area contributed by atoms with Crippen LogP contribution in [-0.2, 0) is 0 Å². The molecule has 0 atom stereocenters. The Balaban J connectivity index is 2.03. The van der Waals surface area contributed by atoms with E-state index in [9.17, 15) is 4.79 Å². The highest BCUT2D eigenvalue weighted by Gasteiger charge is 2.20. The fourth-order valence-corrected chi connectivity index (χ4v) is 2.47. The quantitative estimate of drug-likeness (QED) is 0.817. The topological polar surface area (TPSA) is 57.0 Å². The summed E-state index contributed by atoms with van der Waals surface area (Å²) in [5, 5.41) is 8.77. The van der Waals surface area contributed by atoms with Crippen LogP contribution < -0.4 is 0 Å². The summed E-state index contributed by atoms with van der Waals surface area (Å²) in [6.07, 6.45) is 4.97. The summed E-state index contributed by atoms with van der Waals surface area (Å²) in [4.78, 5) is 17.9. The summed E-state index contributed by atoms with van der Waals surface area (Å²) in [5.74, 6) is 0.525. The molecule has 1 amide bonds. The molecule has 18 heavy (non-hydrogen) atoms. The first kappa shape index (κ1) is 12.6. The van der Waals surface area contributed by atoms with Gasteiger partial charge < -0.3 is 4.90 Å². The van der Waals surface area contributed by atoms with Gasteiger partial charge in [-0.2, -0.15) is 5.26 Å². The van der Waals surface area contributed by atoms with Crippen LogP contribution in [0.3, 0.4) is 0 Å². The van der Waals surface area contributed by atoms with Gasteiger partial charge in [0.2, 0.25) is 0 Å². The highest BCUT2D eigenvalue weighted by atomic mass is 16.2. The first-order valence-corrected chi connectivity index (χ1v) is 6.33. The van der Waals surface area contributed by atoms with Crippen molar-refractivity contribution in [2.45, 2.75) is 25.7 Å². The molecular weight excluding hydrogens is 226 g/mol. The van der Waals surface area contributed by atoms with E-state index in [1.807, 2.05) is 6.07 Å². The highest BCUT2D eigenvalue weighted by Crippen LogP contribution is 2.25. The molecule has 1 fully saturated rings. The molecule has 0 bridgehead atoms. The number of nitrogens with zero attached hydrogens (tertiary/aromatic N) is 3. The van der Waals surface area contributed by atoms with Crippen LogP contribution in [-0.4, -0.2) is 29.4 Å². The van der Waals surface area contributed by atoms with Crippen LogP contribution in [0, 0.1) is 17.2 Å². The maximum Gasteiger partial charge on any atom is 0.272 e. The molecule has 1 aromatic heterocycles. The van der Waals surface area contributed by atoms with E-state index in [1.54, 1.807) is 30.1 Å². The van der Waals surface area contributed by atoms with Gasteiger partial charge in [0.1, 0.15) is 17.5 Å². The molecule has 0 unspecified atom stereocenters. The number of pyridine rings is 1. The van der Waals surface area contributed by atoms with Crippen molar-refractivity contribution in [1.82, 2.24) is 9.88 Å². The van der Waals surface area contributed by atoms with E-state index in [-0.39, 0.29) is 11.6 Å². The van der Waals surface area contributed by atoms with Gasteiger partial charge in [-0.15, -0.1) is 0 Å². The minimum atomic E-state index is -0.0981. The number of carbonyl (C=O) groups is 1. The standard InChI is InChI=1S/C14H17N3O/c1-17(10-11-5-2-3-6-11)14(18)13-8-4-7-12(9-15)16-13/h4,7-8,11H,2-3,5-6,10H2,1H3. The third-order valence-corrected chi connectivity index (χ3v) is 3.44. The Hall–Kier alpha value is -1.89. The summed E-state index contributed by atoms with van der Waals surface area (Å²) < 4.78 is 0. The van der Waals surface area contributed by atoms with Crippen LogP contribution in [0.2, 0.25) is 0 Å². The first-order valence-electron chi connectivity index (χ1n) is 6.33. The van der Waals surface area contributed by atoms with Crippen LogP contribution in [0.5, 0.6) is 0 Å². The van der Waals surface area contributed by atoms with E-state index in [0.29, 0.717) is 11.6 Å². The maximum atomic E-state index is 12.2. The predicted molar refractivity (Wildman–Crippen MR) is 67.9 cm³/mol. The molecule has 1 aliphatic rings. The Bertz CT molecular complexity index is 472. The van der Waals surface area contributed by atoms with Gasteiger partial charge in [-0.05, 0) is 30.9 Å². The van der Waals surface area contributed by atoms with E-state index in [1.165, 1.54) is 25.7 Å². The zero-order valence-corrected chi connectivity index (χ0v) is 10.6. The van der Waals surface area contributed by atoms with Gasteiger partial charge in [-0.3, -0.25) is 4.79 Å². The monoisotopic (exact) mass is 243 g/mol. The first-order chi connectivity index (χ1) is 8.70. The maximum absolute atomic E-state index is 12.2. The van der Waals surface area contributed by atoms with E-state index in [4.69, 9.17) is 5.26 Å². The molecular formula is C14H17N3O. The van der Waals surface area contributed by atoms with Gasteiger partial charge in [0.15, 0.2) is 0 Å². The molecule has 1 aromatic rings. The molecule has 0 N–H and O–H groups in total. The fourth-order valence-electron chi connectivity index (χ4n) is 2.47. The normalized spacial score (nSPS) is 15.3. The molecule has 1 aliphatic carbocycles. The van der Waals surface area contributed by atoms with E-state index in [2.05, 4.69) is 4.98 Å². The van der Waals surface area contributed by atoms with Crippen molar-refractivity contribution in [3.05, 3.63) is 29.6 Å². The minimum Gasteiger partial charge on any atom is -0.340 e. The summed E-state index contributed by atoms with van der Waals surface area (Å²) >= 11 is 0. The molecule has 0 aliphatic heterocycles. The summed E-state index contributed by atoms with van der Waals surface area (Å²) in [7, 11) is 1.81. The van der Waals surface area contributed by atoms with E-state index < -0.39 is 0 Å². The molecule has 0 spiro atoms. The van der Waals surface area contributed by atoms with Crippen LogP contribution in [0.15, 0.2) is 18.2 Å². The molecule has 0 radical (unpaired) electrons. The van der Waals surface area contributed by atoms with Crippen LogP contribution in [0.1, 0.15) is 41.9 Å². The SMILES string of the molecule is CN(CC1CCCC1)C(=O)c1cccc(C#N)n1. The van der Waals surface area contributed by atoms with Crippen LogP contribution in [0.25, 0.3) is 0 Å². The number of hydrogen-bond acceptors (Lipinski definition) is 3. The van der Waals surface area contributed by atoms with Gasteiger partial charge in [0, 0.05) is 13.6 Å². The van der Waals surface area contributed by atoms with Crippen molar-refractivity contribution in [3.63, 3.8) is 0 Å². The Labute approximate surface area is 107 Å². The zero-order chi connectivity index (χ0) is 13.0. The van der Waals surface area contributed by atoms with Gasteiger partial charge >= 0.3 is 0 Å². The average Bonchev–Trinajstić information content (AvgIpc) is 2.90. The van der Waals surface area contributed by atoms with Crippen molar-refractivity contribution in [1.29, 1.82) is 5.26 Å². The van der Waals surface area contributed by atoms with Crippen molar-refractivity contribution in [2.24, 2.45) is 5.92 Å². The molecule has 1 saturated carbocycles. The Morgan fingerprint density at radius 2 is 2.22 bits per heavy atom. The largest absolute Gasteiger partial charge is 0.340 e. The lowest BCUT2D eigenvalue weighted by atomic mass is 10.1. The molecule has 94 valence electrons. The Morgan fingerprint density at radius 1 is 1.50 bits per heavy atom. The third-order valence-electron chi connectivity index (χ3n) is 3.44. The van der Waals surface area contributed by atoms with Gasteiger partial charge in [-0.1, -0.05) is 18.9 Å². The fraction of sp³-hybridized carbons (Fsp3) is 0.500. The lowest BCUT2D eigenvalue weighted by Gasteiger charge is -2.20. The summed E-state index contributed by atoms with van der Waals surface area (Å²) in [6, 6.07) is 6.91. The lowest BCUT2D eigenvalue weighted by Crippen LogP contribution is -2.31. The van der Waals surface area contributed by atoms with Gasteiger partial charge in [0.25, 0.3) is 5.91 Å². The summed E-state index contributed by atoms with van der Waals surface area (Å²) in [5.41, 5.74) is 0.643. The van der Waals surface area contributed by atoms with Gasteiger partial charge in [-0.25, -0.2) is 4.98 Å². The number of aromatic nitrogens is 1. The minimum absolute atomic E-state index is 0.0981. The molecule has 1 heterocycles. The average molecular weight is 243 g/mol. The lowest BCUT2D eigenvalue weighted by molar-refractivity contribution is 0.0767. The summed E-state index contributed by atoms with van der Waals surface area (Å²) in [6.45, 7) is 0.789. The van der Waals surface area contributed by atoms with Gasteiger partial charge in [0.05, 0.1) is 0 Å². The molecule has 0 saturated heterocycles. The number of nitriles is 1. The smallest absolute Gasteiger partial charge is 0.272 e. The van der Waals surface area contributed by atoms with E-state index >= 15 is 0 Å². The molecule has 4 heteroatoms. The van der Waals surface area contributed by atoms with Crippen molar-refractivity contribution >= 4 is 5.91 Å². The highest BCUT2D eigenvalue weighted by molar-refractivity contribution is 5.92. The predicted octanol–water partition coefficient (Wildman–Crippen LogP) is 2.22. The van der Waals surface area contributed by atoms with Crippen molar-refractivity contribution in [3.8, 4) is 6.07 Å². The number of carbonyl (C=O) groups excluding carboxylic acids is 1. The Kier molecular flexibility index (Phi) is 3.93. The van der Waals surface area contributed by atoms with Crippen molar-refractivity contribution < 1.29 is 4.79 Å². The van der Waals surface area contributed by atoms with Crippen molar-refractivity contribution in [2.75, 3.05) is 13.6 Å². The zero-order valence-electron chi connectivity index (χ0n) is 10.6. The second-order valence-corrected chi connectivity index (χ2v) is 4.86. The third kappa shape index (κ3) is 2.86. The molecule has 0 aromatic carbocycles. The molecule has 4 nitrogen and oxygen atoms in total.